The van der Waals surface area contributed by atoms with Gasteiger partial charge in [-0.3, -0.25) is 4.79 Å². The number of carbonyl (C=O) groups is 1. The van der Waals surface area contributed by atoms with Gasteiger partial charge in [0, 0.05) is 0 Å². The fourth-order valence-corrected chi connectivity index (χ4v) is 3.37. The van der Waals surface area contributed by atoms with Crippen LogP contribution in [0.15, 0.2) is 0 Å². The van der Waals surface area contributed by atoms with E-state index in [0.29, 0.717) is 18.9 Å². The van der Waals surface area contributed by atoms with E-state index >= 15 is 0 Å². The quantitative estimate of drug-likeness (QED) is 0.274. The summed E-state index contributed by atoms with van der Waals surface area (Å²) in [6.45, 7) is 3.67. The van der Waals surface area contributed by atoms with Crippen molar-refractivity contribution < 1.29 is 24.6 Å². The van der Waals surface area contributed by atoms with Gasteiger partial charge in [0.1, 0.15) is 0 Å². The number of aliphatic hydroxyl groups excluding tert-OH is 2. The van der Waals surface area contributed by atoms with Crippen molar-refractivity contribution in [1.29, 1.82) is 0 Å². The maximum atomic E-state index is 10.7. The topological polar surface area (TPSA) is 77.8 Å². The van der Waals surface area contributed by atoms with Crippen molar-refractivity contribution in [2.24, 2.45) is 5.92 Å². The molecule has 150 valence electrons. The molecule has 0 aliphatic carbocycles. The number of carboxylic acids is 1. The lowest BCUT2D eigenvalue weighted by Gasteiger charge is -2.30. The summed E-state index contributed by atoms with van der Waals surface area (Å²) in [6.07, 6.45) is 11.1. The number of quaternary nitrogens is 1. The van der Waals surface area contributed by atoms with Crippen molar-refractivity contribution in [3.8, 4) is 0 Å². The number of nitrogens with zero attached hydrogens (tertiary/aromatic N) is 1. The van der Waals surface area contributed by atoms with E-state index in [1.807, 2.05) is 0 Å². The Labute approximate surface area is 154 Å². The molecule has 0 amide bonds. The van der Waals surface area contributed by atoms with Gasteiger partial charge in [-0.15, -0.1) is 0 Å². The first-order chi connectivity index (χ1) is 11.8. The first-order valence-corrected chi connectivity index (χ1v) is 10.1. The Hall–Kier alpha value is -0.650. The Bertz CT molecular complexity index is 334. The number of hydrogen-bond donors (Lipinski definition) is 3. The molecule has 2 unspecified atom stereocenters. The van der Waals surface area contributed by atoms with Crippen LogP contribution in [0.2, 0.25) is 0 Å². The minimum Gasteiger partial charge on any atom is -0.481 e. The third-order valence-corrected chi connectivity index (χ3v) is 5.09. The van der Waals surface area contributed by atoms with Gasteiger partial charge >= 0.3 is 5.97 Å². The lowest BCUT2D eigenvalue weighted by atomic mass is 9.90. The van der Waals surface area contributed by atoms with Crippen LogP contribution in [-0.2, 0) is 4.79 Å². The number of unbranched alkanes of at least 4 members (excludes halogenated alkanes) is 5. The normalized spacial score (nSPS) is 14.4. The predicted molar refractivity (Wildman–Crippen MR) is 103 cm³/mol. The summed E-state index contributed by atoms with van der Waals surface area (Å²) in [7, 11) is 4.16. The van der Waals surface area contributed by atoms with Gasteiger partial charge in [0.25, 0.3) is 0 Å². The van der Waals surface area contributed by atoms with E-state index in [2.05, 4.69) is 21.0 Å². The minimum absolute atomic E-state index is 0.160. The van der Waals surface area contributed by atoms with Crippen molar-refractivity contribution in [2.45, 2.75) is 83.7 Å². The van der Waals surface area contributed by atoms with Gasteiger partial charge in [-0.05, 0) is 25.2 Å². The summed E-state index contributed by atoms with van der Waals surface area (Å²) in [6, 6.07) is 0. The average molecular weight is 361 g/mol. The van der Waals surface area contributed by atoms with Crippen LogP contribution >= 0.6 is 0 Å². The molecule has 0 fully saturated rings. The van der Waals surface area contributed by atoms with E-state index in [4.69, 9.17) is 10.2 Å². The fourth-order valence-electron chi connectivity index (χ4n) is 3.37. The largest absolute Gasteiger partial charge is 0.481 e. The highest BCUT2D eigenvalue weighted by Gasteiger charge is 2.19. The fraction of sp³-hybridized carbons (Fsp3) is 0.950. The molecule has 0 aliphatic heterocycles. The standard InChI is InChI=1S/C20H41NO4/c1-4-5-6-7-8-9-11-18(16-19(23)17-22)12-10-14-21(2,3)15-13-20(24)25/h18-19,22-23H,4-17H2,1-3H3/p+1. The Morgan fingerprint density at radius 2 is 1.56 bits per heavy atom. The van der Waals surface area contributed by atoms with E-state index in [0.717, 1.165) is 30.3 Å². The molecule has 0 aromatic heterocycles. The van der Waals surface area contributed by atoms with Crippen molar-refractivity contribution in [3.63, 3.8) is 0 Å². The zero-order chi connectivity index (χ0) is 19.1. The number of hydrogen-bond acceptors (Lipinski definition) is 3. The van der Waals surface area contributed by atoms with Crippen LogP contribution in [0.5, 0.6) is 0 Å². The van der Waals surface area contributed by atoms with E-state index in [9.17, 15) is 9.90 Å². The third kappa shape index (κ3) is 15.3. The molecule has 0 aromatic carbocycles. The molecular weight excluding hydrogens is 318 g/mol. The van der Waals surface area contributed by atoms with Gasteiger partial charge in [0.2, 0.25) is 0 Å². The maximum absolute atomic E-state index is 10.7. The van der Waals surface area contributed by atoms with Crippen molar-refractivity contribution in [1.82, 2.24) is 0 Å². The van der Waals surface area contributed by atoms with E-state index in [-0.39, 0.29) is 13.0 Å². The molecule has 5 heteroatoms. The number of rotatable bonds is 17. The third-order valence-electron chi connectivity index (χ3n) is 5.09. The van der Waals surface area contributed by atoms with E-state index < -0.39 is 12.1 Å². The van der Waals surface area contributed by atoms with Crippen molar-refractivity contribution in [2.75, 3.05) is 33.8 Å². The number of carboxylic acid groups (broad SMARTS) is 1. The van der Waals surface area contributed by atoms with Gasteiger partial charge in [0.15, 0.2) is 0 Å². The van der Waals surface area contributed by atoms with Crippen LogP contribution in [0, 0.1) is 5.92 Å². The summed E-state index contributed by atoms with van der Waals surface area (Å²) in [4.78, 5) is 10.7. The molecule has 0 rings (SSSR count). The average Bonchev–Trinajstić information content (AvgIpc) is 2.55. The number of aliphatic carboxylic acids is 1. The van der Waals surface area contributed by atoms with Crippen LogP contribution < -0.4 is 0 Å². The molecule has 0 saturated carbocycles. The maximum Gasteiger partial charge on any atom is 0.309 e. The minimum atomic E-state index is -0.738. The van der Waals surface area contributed by atoms with Gasteiger partial charge in [-0.2, -0.15) is 0 Å². The summed E-state index contributed by atoms with van der Waals surface area (Å²) < 4.78 is 0.721. The Balaban J connectivity index is 4.14. The highest BCUT2D eigenvalue weighted by atomic mass is 16.4. The van der Waals surface area contributed by atoms with Gasteiger partial charge in [-0.25, -0.2) is 0 Å². The monoisotopic (exact) mass is 360 g/mol. The first kappa shape index (κ1) is 24.4. The zero-order valence-electron chi connectivity index (χ0n) is 16.8. The highest BCUT2D eigenvalue weighted by molar-refractivity contribution is 5.66. The Kier molecular flexibility index (Phi) is 14.1. The second kappa shape index (κ2) is 14.5. The molecular formula is C20H42NO4+. The Morgan fingerprint density at radius 3 is 2.16 bits per heavy atom. The van der Waals surface area contributed by atoms with Crippen LogP contribution in [0.4, 0.5) is 0 Å². The lowest BCUT2D eigenvalue weighted by molar-refractivity contribution is -0.890. The molecule has 0 bridgehead atoms. The van der Waals surface area contributed by atoms with E-state index in [1.165, 1.54) is 38.5 Å². The molecule has 0 radical (unpaired) electrons. The van der Waals surface area contributed by atoms with Gasteiger partial charge in [0.05, 0.1) is 46.3 Å². The summed E-state index contributed by atoms with van der Waals surface area (Å²) in [5, 5.41) is 27.7. The SMILES string of the molecule is CCCCCCCCC(CCC[N+](C)(C)CCC(=O)O)CC(O)CO. The van der Waals surface area contributed by atoms with Crippen LogP contribution in [0.25, 0.3) is 0 Å². The van der Waals surface area contributed by atoms with Crippen LogP contribution in [-0.4, -0.2) is 65.7 Å². The molecule has 0 saturated heterocycles. The smallest absolute Gasteiger partial charge is 0.309 e. The molecule has 0 spiro atoms. The summed E-state index contributed by atoms with van der Waals surface area (Å²) in [5.74, 6) is -0.286. The molecule has 0 heterocycles. The van der Waals surface area contributed by atoms with Gasteiger partial charge in [-0.1, -0.05) is 51.9 Å². The molecule has 5 nitrogen and oxygen atoms in total. The first-order valence-electron chi connectivity index (χ1n) is 10.1. The van der Waals surface area contributed by atoms with Crippen molar-refractivity contribution >= 4 is 5.97 Å². The van der Waals surface area contributed by atoms with Crippen LogP contribution in [0.1, 0.15) is 77.6 Å². The predicted octanol–water partition coefficient (Wildman–Crippen LogP) is 3.43. The molecule has 0 aliphatic rings. The Morgan fingerprint density at radius 1 is 0.960 bits per heavy atom. The van der Waals surface area contributed by atoms with Crippen LogP contribution in [0.3, 0.4) is 0 Å². The van der Waals surface area contributed by atoms with Crippen molar-refractivity contribution in [3.05, 3.63) is 0 Å². The lowest BCUT2D eigenvalue weighted by Crippen LogP contribution is -2.42. The zero-order valence-corrected chi connectivity index (χ0v) is 16.8. The highest BCUT2D eigenvalue weighted by Crippen LogP contribution is 2.22. The van der Waals surface area contributed by atoms with E-state index in [1.54, 1.807) is 0 Å². The number of aliphatic hydroxyl groups is 2. The second-order valence-corrected chi connectivity index (χ2v) is 8.16. The molecule has 25 heavy (non-hydrogen) atoms. The molecule has 2 atom stereocenters. The summed E-state index contributed by atoms with van der Waals surface area (Å²) in [5.41, 5.74) is 0. The second-order valence-electron chi connectivity index (χ2n) is 8.16. The van der Waals surface area contributed by atoms with Gasteiger partial charge < -0.3 is 19.8 Å². The molecule has 0 aromatic rings. The summed E-state index contributed by atoms with van der Waals surface area (Å²) >= 11 is 0. The molecule has 3 N–H and O–H groups in total.